The molecule has 0 spiro atoms. The molecule has 0 saturated heterocycles. The molecule has 5 nitrogen and oxygen atoms in total. The zero-order valence-corrected chi connectivity index (χ0v) is 17.1. The Morgan fingerprint density at radius 3 is 2.79 bits per heavy atom. The molecule has 1 aliphatic rings. The summed E-state index contributed by atoms with van der Waals surface area (Å²) in [5.74, 6) is 0.879. The number of thioether (sulfide) groups is 1. The van der Waals surface area contributed by atoms with Crippen LogP contribution in [0.15, 0.2) is 68.9 Å². The van der Waals surface area contributed by atoms with Gasteiger partial charge in [-0.15, -0.1) is 11.8 Å². The number of carbonyl (C=O) groups is 1. The lowest BCUT2D eigenvalue weighted by atomic mass is 10.1. The minimum atomic E-state index is -0.357. The quantitative estimate of drug-likeness (QED) is 0.575. The Labute approximate surface area is 173 Å². The van der Waals surface area contributed by atoms with Crippen LogP contribution in [0.4, 0.5) is 0 Å². The number of aryl methyl sites for hydroxylation is 1. The molecule has 2 heterocycles. The fourth-order valence-corrected chi connectivity index (χ4v) is 4.29. The van der Waals surface area contributed by atoms with Crippen LogP contribution in [-0.4, -0.2) is 28.9 Å². The summed E-state index contributed by atoms with van der Waals surface area (Å²) in [6.45, 7) is 2.68. The van der Waals surface area contributed by atoms with Crippen LogP contribution in [0.3, 0.4) is 0 Å². The van der Waals surface area contributed by atoms with E-state index in [-0.39, 0.29) is 11.5 Å². The number of hydrogen-bond donors (Lipinski definition) is 0. The van der Waals surface area contributed by atoms with Gasteiger partial charge in [0.25, 0.3) is 5.91 Å². The molecule has 0 unspecified atom stereocenters. The molecule has 1 amide bonds. The van der Waals surface area contributed by atoms with Crippen LogP contribution < -0.4 is 5.63 Å². The SMILES string of the molecule is CCc1ccc2c(CSCC(=O)N3CCC(c4ccccc4)=N3)cc(=O)oc2c1. The number of carbonyl (C=O) groups excluding carboxylic acids is 1. The minimum absolute atomic E-state index is 0.0125. The first-order valence-electron chi connectivity index (χ1n) is 9.70. The molecule has 3 aromatic rings. The van der Waals surface area contributed by atoms with Crippen LogP contribution in [-0.2, 0) is 17.0 Å². The molecule has 0 radical (unpaired) electrons. The number of fused-ring (bicyclic) bond motifs is 1. The molecule has 1 aromatic heterocycles. The van der Waals surface area contributed by atoms with Gasteiger partial charge in [0.2, 0.25) is 0 Å². The van der Waals surface area contributed by atoms with Crippen molar-refractivity contribution in [2.75, 3.05) is 12.3 Å². The molecule has 1 aliphatic heterocycles. The highest BCUT2D eigenvalue weighted by molar-refractivity contribution is 7.99. The van der Waals surface area contributed by atoms with Crippen molar-refractivity contribution in [1.82, 2.24) is 5.01 Å². The topological polar surface area (TPSA) is 62.9 Å². The highest BCUT2D eigenvalue weighted by Crippen LogP contribution is 2.23. The van der Waals surface area contributed by atoms with Crippen LogP contribution in [0.5, 0.6) is 0 Å². The molecule has 29 heavy (non-hydrogen) atoms. The van der Waals surface area contributed by atoms with Crippen LogP contribution in [0.2, 0.25) is 0 Å². The normalized spacial score (nSPS) is 13.7. The van der Waals surface area contributed by atoms with E-state index >= 15 is 0 Å². The summed E-state index contributed by atoms with van der Waals surface area (Å²) in [6, 6.07) is 17.4. The van der Waals surface area contributed by atoms with Gasteiger partial charge in [0.15, 0.2) is 0 Å². The maximum absolute atomic E-state index is 12.5. The van der Waals surface area contributed by atoms with E-state index in [0.717, 1.165) is 40.6 Å². The third-order valence-electron chi connectivity index (χ3n) is 4.98. The molecule has 6 heteroatoms. The van der Waals surface area contributed by atoms with Crippen LogP contribution in [0.1, 0.15) is 30.0 Å². The Bertz CT molecular complexity index is 1120. The van der Waals surface area contributed by atoms with Gasteiger partial charge < -0.3 is 4.42 Å². The summed E-state index contributed by atoms with van der Waals surface area (Å²) in [6.07, 6.45) is 1.65. The lowest BCUT2D eigenvalue weighted by Gasteiger charge is -2.11. The zero-order valence-electron chi connectivity index (χ0n) is 16.3. The third-order valence-corrected chi connectivity index (χ3v) is 5.95. The summed E-state index contributed by atoms with van der Waals surface area (Å²) < 4.78 is 5.35. The minimum Gasteiger partial charge on any atom is -0.423 e. The van der Waals surface area contributed by atoms with E-state index in [9.17, 15) is 9.59 Å². The maximum Gasteiger partial charge on any atom is 0.336 e. The smallest absolute Gasteiger partial charge is 0.336 e. The molecule has 0 N–H and O–H groups in total. The van der Waals surface area contributed by atoms with E-state index in [1.54, 1.807) is 5.01 Å². The Hall–Kier alpha value is -2.86. The molecular weight excluding hydrogens is 384 g/mol. The predicted octanol–water partition coefficient (Wildman–Crippen LogP) is 4.23. The average Bonchev–Trinajstić information content (AvgIpc) is 3.24. The van der Waals surface area contributed by atoms with Crippen LogP contribution in [0, 0.1) is 0 Å². The number of benzene rings is 2. The van der Waals surface area contributed by atoms with Crippen molar-refractivity contribution in [3.8, 4) is 0 Å². The first-order chi connectivity index (χ1) is 14.1. The standard InChI is InChI=1S/C23H22N2O3S/c1-2-16-8-9-19-18(13-23(27)28-21(19)12-16)14-29-15-22(26)25-11-10-20(24-25)17-6-4-3-5-7-17/h3-9,12-13H,2,10-11,14-15H2,1H3. The fraction of sp³-hybridized carbons (Fsp3) is 0.261. The van der Waals surface area contributed by atoms with Crippen molar-refractivity contribution in [3.63, 3.8) is 0 Å². The number of nitrogens with zero attached hydrogens (tertiary/aromatic N) is 2. The second-order valence-electron chi connectivity index (χ2n) is 6.95. The Balaban J connectivity index is 1.41. The van der Waals surface area contributed by atoms with Gasteiger partial charge in [-0.1, -0.05) is 49.4 Å². The molecule has 0 aliphatic carbocycles. The van der Waals surface area contributed by atoms with E-state index in [2.05, 4.69) is 12.0 Å². The van der Waals surface area contributed by atoms with Gasteiger partial charge in [-0.3, -0.25) is 4.79 Å². The van der Waals surface area contributed by atoms with Crippen molar-refractivity contribution in [3.05, 3.63) is 81.7 Å². The van der Waals surface area contributed by atoms with E-state index in [4.69, 9.17) is 4.42 Å². The molecule has 0 bridgehead atoms. The van der Waals surface area contributed by atoms with Gasteiger partial charge in [0, 0.05) is 23.6 Å². The lowest BCUT2D eigenvalue weighted by molar-refractivity contribution is -0.127. The third kappa shape index (κ3) is 4.43. The predicted molar refractivity (Wildman–Crippen MR) is 117 cm³/mol. The van der Waals surface area contributed by atoms with Gasteiger partial charge in [0.05, 0.1) is 18.0 Å². The Kier molecular flexibility index (Phi) is 5.81. The van der Waals surface area contributed by atoms with E-state index in [0.29, 0.717) is 23.6 Å². The molecular formula is C23H22N2O3S. The first kappa shape index (κ1) is 19.5. The highest BCUT2D eigenvalue weighted by Gasteiger charge is 2.21. The van der Waals surface area contributed by atoms with E-state index < -0.39 is 0 Å². The molecule has 0 saturated carbocycles. The van der Waals surface area contributed by atoms with Crippen molar-refractivity contribution in [1.29, 1.82) is 0 Å². The average molecular weight is 407 g/mol. The number of amides is 1. The number of hydrazone groups is 1. The van der Waals surface area contributed by atoms with Gasteiger partial charge >= 0.3 is 5.63 Å². The number of hydrogen-bond acceptors (Lipinski definition) is 5. The maximum atomic E-state index is 12.5. The van der Waals surface area contributed by atoms with E-state index in [1.165, 1.54) is 17.8 Å². The molecule has 0 atom stereocenters. The second kappa shape index (κ2) is 8.66. The summed E-state index contributed by atoms with van der Waals surface area (Å²) in [5.41, 5.74) is 4.28. The van der Waals surface area contributed by atoms with Gasteiger partial charge in [-0.25, -0.2) is 9.80 Å². The van der Waals surface area contributed by atoms with Crippen molar-refractivity contribution in [2.45, 2.75) is 25.5 Å². The molecule has 2 aromatic carbocycles. The molecule has 0 fully saturated rings. The Morgan fingerprint density at radius 2 is 2.00 bits per heavy atom. The summed E-state index contributed by atoms with van der Waals surface area (Å²) in [4.78, 5) is 24.5. The van der Waals surface area contributed by atoms with Crippen LogP contribution >= 0.6 is 11.8 Å². The molecule has 148 valence electrons. The lowest BCUT2D eigenvalue weighted by Crippen LogP contribution is -2.25. The largest absolute Gasteiger partial charge is 0.423 e. The van der Waals surface area contributed by atoms with Gasteiger partial charge in [-0.05, 0) is 29.2 Å². The van der Waals surface area contributed by atoms with Crippen molar-refractivity contribution in [2.24, 2.45) is 5.10 Å². The fourth-order valence-electron chi connectivity index (χ4n) is 3.41. The zero-order chi connectivity index (χ0) is 20.2. The number of rotatable bonds is 6. The highest BCUT2D eigenvalue weighted by atomic mass is 32.2. The monoisotopic (exact) mass is 406 g/mol. The summed E-state index contributed by atoms with van der Waals surface area (Å²) >= 11 is 1.49. The van der Waals surface area contributed by atoms with Gasteiger partial charge in [-0.2, -0.15) is 5.10 Å². The van der Waals surface area contributed by atoms with Crippen LogP contribution in [0.25, 0.3) is 11.0 Å². The Morgan fingerprint density at radius 1 is 1.17 bits per heavy atom. The van der Waals surface area contributed by atoms with Crippen molar-refractivity contribution >= 4 is 34.3 Å². The second-order valence-corrected chi connectivity index (χ2v) is 7.93. The summed E-state index contributed by atoms with van der Waals surface area (Å²) in [7, 11) is 0. The van der Waals surface area contributed by atoms with Crippen molar-refractivity contribution < 1.29 is 9.21 Å². The molecule has 4 rings (SSSR count). The van der Waals surface area contributed by atoms with Gasteiger partial charge in [0.1, 0.15) is 5.58 Å². The first-order valence-corrected chi connectivity index (χ1v) is 10.9. The summed E-state index contributed by atoms with van der Waals surface area (Å²) in [5, 5.41) is 6.97. The van der Waals surface area contributed by atoms with E-state index in [1.807, 2.05) is 48.5 Å².